The second-order valence-corrected chi connectivity index (χ2v) is 7.08. The number of hydrogen-bond acceptors (Lipinski definition) is 5. The van der Waals surface area contributed by atoms with Crippen molar-refractivity contribution in [2.24, 2.45) is 5.14 Å². The van der Waals surface area contributed by atoms with Gasteiger partial charge in [0.2, 0.25) is 10.0 Å². The second kappa shape index (κ2) is 7.41. The maximum absolute atomic E-state index is 11.7. The fourth-order valence-corrected chi connectivity index (χ4v) is 3.06. The number of nitrogens with zero attached hydrogens (tertiary/aromatic N) is 1. The van der Waals surface area contributed by atoms with Gasteiger partial charge >= 0.3 is 0 Å². The highest BCUT2D eigenvalue weighted by atomic mass is 32.2. The lowest BCUT2D eigenvalue weighted by Crippen LogP contribution is -2.20. The van der Waals surface area contributed by atoms with Crippen LogP contribution < -0.4 is 10.5 Å². The van der Waals surface area contributed by atoms with E-state index in [0.29, 0.717) is 0 Å². The van der Waals surface area contributed by atoms with Gasteiger partial charge in [-0.2, -0.15) is 0 Å². The van der Waals surface area contributed by atoms with Gasteiger partial charge in [0.15, 0.2) is 0 Å². The van der Waals surface area contributed by atoms with Crippen LogP contribution in [0.15, 0.2) is 53.4 Å². The Hall–Kier alpha value is -2.45. The fourth-order valence-electron chi connectivity index (χ4n) is 2.34. The molecule has 1 atom stereocenters. The molecule has 7 nitrogen and oxygen atoms in total. The highest BCUT2D eigenvalue weighted by Gasteiger charge is 2.19. The average Bonchev–Trinajstić information content (AvgIpc) is 2.53. The zero-order valence-corrected chi connectivity index (χ0v) is 14.0. The van der Waals surface area contributed by atoms with Crippen molar-refractivity contribution in [3.8, 4) is 0 Å². The monoisotopic (exact) mass is 349 g/mol. The summed E-state index contributed by atoms with van der Waals surface area (Å²) in [6.07, 6.45) is 1.59. The topological polar surface area (TPSA) is 115 Å². The predicted molar refractivity (Wildman–Crippen MR) is 92.3 cm³/mol. The predicted octanol–water partition coefficient (Wildman–Crippen LogP) is 2.68. The van der Waals surface area contributed by atoms with Crippen LogP contribution in [-0.4, -0.2) is 19.4 Å². The third-order valence-corrected chi connectivity index (χ3v) is 4.54. The van der Waals surface area contributed by atoms with Crippen LogP contribution in [0.3, 0.4) is 0 Å². The number of rotatable bonds is 7. The van der Waals surface area contributed by atoms with Gasteiger partial charge in [-0.05, 0) is 31.4 Å². The standard InChI is InChI=1S/C16H19N3O4S/c1-12(7-8-13-5-3-2-4-6-13)18-15-10-9-14(19(20)21)11-16(15)24(17,22)23/h2-6,9-12,18H,7-8H2,1H3,(H2,17,22,23). The highest BCUT2D eigenvalue weighted by molar-refractivity contribution is 7.89. The fraction of sp³-hybridized carbons (Fsp3) is 0.250. The number of nitrogens with two attached hydrogens (primary N) is 1. The number of hydrogen-bond donors (Lipinski definition) is 2. The van der Waals surface area contributed by atoms with Crippen molar-refractivity contribution in [1.29, 1.82) is 0 Å². The van der Waals surface area contributed by atoms with Crippen molar-refractivity contribution in [1.82, 2.24) is 0 Å². The van der Waals surface area contributed by atoms with Gasteiger partial charge in [-0.15, -0.1) is 0 Å². The molecule has 1 unspecified atom stereocenters. The van der Waals surface area contributed by atoms with Gasteiger partial charge in [0.05, 0.1) is 10.6 Å². The quantitative estimate of drug-likeness (QED) is 0.589. The van der Waals surface area contributed by atoms with E-state index in [4.69, 9.17) is 5.14 Å². The summed E-state index contributed by atoms with van der Waals surface area (Å²) >= 11 is 0. The number of nitro benzene ring substituents is 1. The molecule has 3 N–H and O–H groups in total. The van der Waals surface area contributed by atoms with E-state index >= 15 is 0 Å². The minimum absolute atomic E-state index is 0.0350. The summed E-state index contributed by atoms with van der Waals surface area (Å²) < 4.78 is 23.4. The molecule has 0 aromatic heterocycles. The van der Waals surface area contributed by atoms with Crippen LogP contribution in [0.5, 0.6) is 0 Å². The summed E-state index contributed by atoms with van der Waals surface area (Å²) in [5.74, 6) is 0. The second-order valence-electron chi connectivity index (χ2n) is 5.55. The number of aryl methyl sites for hydroxylation is 1. The van der Waals surface area contributed by atoms with Crippen molar-refractivity contribution >= 4 is 21.4 Å². The van der Waals surface area contributed by atoms with Crippen LogP contribution in [-0.2, 0) is 16.4 Å². The molecule has 0 bridgehead atoms. The zero-order valence-electron chi connectivity index (χ0n) is 13.2. The molecule has 24 heavy (non-hydrogen) atoms. The van der Waals surface area contributed by atoms with E-state index in [0.717, 1.165) is 18.9 Å². The van der Waals surface area contributed by atoms with Gasteiger partial charge in [0, 0.05) is 18.2 Å². The summed E-state index contributed by atoms with van der Waals surface area (Å²) in [5.41, 5.74) is 1.13. The molecular weight excluding hydrogens is 330 g/mol. The van der Waals surface area contributed by atoms with Gasteiger partial charge < -0.3 is 5.32 Å². The molecule has 0 saturated heterocycles. The van der Waals surface area contributed by atoms with Gasteiger partial charge in [0.25, 0.3) is 5.69 Å². The minimum Gasteiger partial charge on any atom is -0.381 e. The third kappa shape index (κ3) is 4.77. The maximum atomic E-state index is 11.7. The molecular formula is C16H19N3O4S. The van der Waals surface area contributed by atoms with E-state index in [9.17, 15) is 18.5 Å². The molecule has 0 radical (unpaired) electrons. The first-order valence-electron chi connectivity index (χ1n) is 7.39. The van der Waals surface area contributed by atoms with Crippen molar-refractivity contribution in [3.05, 3.63) is 64.2 Å². The van der Waals surface area contributed by atoms with Gasteiger partial charge in [0.1, 0.15) is 4.90 Å². The Morgan fingerprint density at radius 2 is 1.88 bits per heavy atom. The molecule has 0 aliphatic heterocycles. The molecule has 8 heteroatoms. The number of non-ortho nitro benzene ring substituents is 1. The van der Waals surface area contributed by atoms with E-state index in [-0.39, 0.29) is 22.3 Å². The molecule has 0 saturated carbocycles. The Morgan fingerprint density at radius 3 is 2.46 bits per heavy atom. The first-order valence-corrected chi connectivity index (χ1v) is 8.93. The van der Waals surface area contributed by atoms with Crippen LogP contribution >= 0.6 is 0 Å². The first kappa shape index (κ1) is 17.9. The van der Waals surface area contributed by atoms with E-state index in [1.165, 1.54) is 17.7 Å². The highest BCUT2D eigenvalue weighted by Crippen LogP contribution is 2.26. The molecule has 0 aliphatic carbocycles. The Kier molecular flexibility index (Phi) is 5.53. The third-order valence-electron chi connectivity index (χ3n) is 3.59. The van der Waals surface area contributed by atoms with Gasteiger partial charge in [-0.3, -0.25) is 10.1 Å². The van der Waals surface area contributed by atoms with E-state index in [1.807, 2.05) is 37.3 Å². The summed E-state index contributed by atoms with van der Waals surface area (Å²) in [7, 11) is -4.07. The molecule has 128 valence electrons. The lowest BCUT2D eigenvalue weighted by Gasteiger charge is -2.17. The SMILES string of the molecule is CC(CCc1ccccc1)Nc1ccc([N+](=O)[O-])cc1S(N)(=O)=O. The minimum atomic E-state index is -4.07. The van der Waals surface area contributed by atoms with Crippen LogP contribution in [0.25, 0.3) is 0 Å². The molecule has 2 aromatic carbocycles. The van der Waals surface area contributed by atoms with Crippen LogP contribution in [0, 0.1) is 10.1 Å². The van der Waals surface area contributed by atoms with Crippen LogP contribution in [0.4, 0.5) is 11.4 Å². The van der Waals surface area contributed by atoms with Crippen molar-refractivity contribution in [2.45, 2.75) is 30.7 Å². The van der Waals surface area contributed by atoms with Crippen molar-refractivity contribution < 1.29 is 13.3 Å². The maximum Gasteiger partial charge on any atom is 0.270 e. The molecule has 0 amide bonds. The van der Waals surface area contributed by atoms with E-state index in [1.54, 1.807) is 0 Å². The van der Waals surface area contributed by atoms with Crippen molar-refractivity contribution in [2.75, 3.05) is 5.32 Å². The number of primary sulfonamides is 1. The Morgan fingerprint density at radius 1 is 1.21 bits per heavy atom. The molecule has 0 aliphatic rings. The van der Waals surface area contributed by atoms with Crippen LogP contribution in [0.1, 0.15) is 18.9 Å². The zero-order chi connectivity index (χ0) is 17.7. The number of anilines is 1. The molecule has 0 heterocycles. The number of benzene rings is 2. The number of sulfonamides is 1. The Bertz CT molecular complexity index is 822. The molecule has 0 fully saturated rings. The Balaban J connectivity index is 2.15. The van der Waals surface area contributed by atoms with Gasteiger partial charge in [-0.25, -0.2) is 13.6 Å². The number of nitro groups is 1. The summed E-state index contributed by atoms with van der Waals surface area (Å²) in [6, 6.07) is 13.5. The molecule has 2 aromatic rings. The molecule has 0 spiro atoms. The van der Waals surface area contributed by atoms with Gasteiger partial charge in [-0.1, -0.05) is 30.3 Å². The lowest BCUT2D eigenvalue weighted by atomic mass is 10.1. The number of nitrogens with one attached hydrogen (secondary N) is 1. The van der Waals surface area contributed by atoms with Crippen molar-refractivity contribution in [3.63, 3.8) is 0 Å². The van der Waals surface area contributed by atoms with Crippen LogP contribution in [0.2, 0.25) is 0 Å². The molecule has 2 rings (SSSR count). The first-order chi connectivity index (χ1) is 11.3. The average molecular weight is 349 g/mol. The van der Waals surface area contributed by atoms with E-state index in [2.05, 4.69) is 5.32 Å². The smallest absolute Gasteiger partial charge is 0.270 e. The summed E-state index contributed by atoms with van der Waals surface area (Å²) in [6.45, 7) is 1.91. The normalized spacial score (nSPS) is 12.6. The lowest BCUT2D eigenvalue weighted by molar-refractivity contribution is -0.385. The summed E-state index contributed by atoms with van der Waals surface area (Å²) in [4.78, 5) is 9.89. The Labute approximate surface area is 140 Å². The largest absolute Gasteiger partial charge is 0.381 e. The van der Waals surface area contributed by atoms with E-state index < -0.39 is 14.9 Å². The summed E-state index contributed by atoms with van der Waals surface area (Å²) in [5, 5.41) is 19.1.